The number of nitrogens with one attached hydrogen (secondary N) is 2. The Morgan fingerprint density at radius 1 is 0.947 bits per heavy atom. The predicted molar refractivity (Wildman–Crippen MR) is 151 cm³/mol. The maximum absolute atomic E-state index is 12.7. The third kappa shape index (κ3) is 6.60. The van der Waals surface area contributed by atoms with Gasteiger partial charge < -0.3 is 29.4 Å². The third-order valence-electron chi connectivity index (χ3n) is 5.84. The molecule has 0 saturated heterocycles. The Kier molecular flexibility index (Phi) is 9.16. The number of hydrogen-bond acceptors (Lipinski definition) is 6. The van der Waals surface area contributed by atoms with Crippen molar-refractivity contribution >= 4 is 40.2 Å². The second-order valence-electron chi connectivity index (χ2n) is 8.32. The molecule has 0 bridgehead atoms. The summed E-state index contributed by atoms with van der Waals surface area (Å²) in [6.07, 6.45) is 2.03. The molecule has 38 heavy (non-hydrogen) atoms. The molecule has 8 nitrogen and oxygen atoms in total. The summed E-state index contributed by atoms with van der Waals surface area (Å²) >= 11 is 1.48. The van der Waals surface area contributed by atoms with Crippen molar-refractivity contribution in [3.63, 3.8) is 0 Å². The molecule has 0 aliphatic heterocycles. The quantitative estimate of drug-likeness (QED) is 0.243. The fraction of sp³-hybridized carbons (Fsp3) is 0.241. The van der Waals surface area contributed by atoms with E-state index in [-0.39, 0.29) is 17.6 Å². The molecule has 0 spiro atoms. The van der Waals surface area contributed by atoms with Crippen molar-refractivity contribution in [1.29, 1.82) is 0 Å². The number of carbonyl (C=O) groups excluding carboxylic acids is 2. The van der Waals surface area contributed by atoms with Crippen molar-refractivity contribution in [1.82, 2.24) is 9.88 Å². The van der Waals surface area contributed by atoms with Gasteiger partial charge >= 0.3 is 0 Å². The molecule has 9 heteroatoms. The van der Waals surface area contributed by atoms with Gasteiger partial charge in [0.05, 0.1) is 26.6 Å². The highest BCUT2D eigenvalue weighted by molar-refractivity contribution is 8.00. The molecule has 4 aromatic rings. The first-order chi connectivity index (χ1) is 18.5. The van der Waals surface area contributed by atoms with E-state index in [1.165, 1.54) is 18.9 Å². The van der Waals surface area contributed by atoms with Gasteiger partial charge in [-0.25, -0.2) is 0 Å². The Bertz CT molecular complexity index is 1400. The maximum atomic E-state index is 12.7. The van der Waals surface area contributed by atoms with E-state index < -0.39 is 0 Å². The molecule has 0 unspecified atom stereocenters. The Morgan fingerprint density at radius 2 is 1.71 bits per heavy atom. The first-order valence-corrected chi connectivity index (χ1v) is 13.2. The highest BCUT2D eigenvalue weighted by atomic mass is 32.2. The monoisotopic (exact) mass is 533 g/mol. The minimum Gasteiger partial charge on any atom is -0.494 e. The van der Waals surface area contributed by atoms with Gasteiger partial charge in [-0.3, -0.25) is 9.59 Å². The molecule has 3 aromatic carbocycles. The van der Waals surface area contributed by atoms with Gasteiger partial charge in [0.25, 0.3) is 5.91 Å². The number of rotatable bonds is 12. The number of ether oxygens (including phenoxy) is 3. The third-order valence-corrected chi connectivity index (χ3v) is 6.89. The maximum Gasteiger partial charge on any atom is 0.251 e. The highest BCUT2D eigenvalue weighted by Gasteiger charge is 2.13. The van der Waals surface area contributed by atoms with Crippen LogP contribution < -0.4 is 24.8 Å². The van der Waals surface area contributed by atoms with Crippen molar-refractivity contribution in [2.75, 3.05) is 38.4 Å². The van der Waals surface area contributed by atoms with E-state index in [9.17, 15) is 9.59 Å². The Hall–Kier alpha value is -4.11. The van der Waals surface area contributed by atoms with Gasteiger partial charge in [-0.05, 0) is 55.5 Å². The highest BCUT2D eigenvalue weighted by Crippen LogP contribution is 2.30. The van der Waals surface area contributed by atoms with Crippen LogP contribution >= 0.6 is 11.8 Å². The molecule has 0 saturated carbocycles. The number of nitrogens with zero attached hydrogens (tertiary/aromatic N) is 1. The van der Waals surface area contributed by atoms with Crippen LogP contribution in [0.1, 0.15) is 17.3 Å². The minimum atomic E-state index is -0.192. The number of benzene rings is 3. The van der Waals surface area contributed by atoms with Crippen molar-refractivity contribution in [2.24, 2.45) is 0 Å². The number of aromatic nitrogens is 1. The molecule has 0 radical (unpaired) electrons. The van der Waals surface area contributed by atoms with Crippen LogP contribution in [0.15, 0.2) is 77.8 Å². The van der Waals surface area contributed by atoms with Gasteiger partial charge in [0, 0.05) is 46.3 Å². The van der Waals surface area contributed by atoms with Crippen LogP contribution in [0, 0.1) is 0 Å². The molecule has 1 aromatic heterocycles. The van der Waals surface area contributed by atoms with Crippen LogP contribution in [0.3, 0.4) is 0 Å². The average molecular weight is 534 g/mol. The van der Waals surface area contributed by atoms with Crippen LogP contribution in [-0.2, 0) is 11.3 Å². The van der Waals surface area contributed by atoms with Crippen LogP contribution in [0.25, 0.3) is 10.9 Å². The number of para-hydroxylation sites is 1. The number of carbonyl (C=O) groups is 2. The van der Waals surface area contributed by atoms with E-state index in [2.05, 4.69) is 15.2 Å². The minimum absolute atomic E-state index is 0.0850. The lowest BCUT2D eigenvalue weighted by Gasteiger charge is -2.10. The normalized spacial score (nSPS) is 10.7. The predicted octanol–water partition coefficient (Wildman–Crippen LogP) is 5.22. The summed E-state index contributed by atoms with van der Waals surface area (Å²) in [4.78, 5) is 26.3. The summed E-state index contributed by atoms with van der Waals surface area (Å²) in [5.41, 5.74) is 2.27. The fourth-order valence-corrected chi connectivity index (χ4v) is 4.91. The van der Waals surface area contributed by atoms with E-state index >= 15 is 0 Å². The summed E-state index contributed by atoms with van der Waals surface area (Å²) < 4.78 is 18.1. The lowest BCUT2D eigenvalue weighted by Crippen LogP contribution is -2.27. The zero-order valence-corrected chi connectivity index (χ0v) is 22.5. The van der Waals surface area contributed by atoms with Crippen molar-refractivity contribution < 1.29 is 23.8 Å². The standard InChI is InChI=1S/C29H31N3O5S/c1-4-37-22-12-10-21(11-13-22)31-28(33)19-38-27-18-32(24-8-6-5-7-23(24)27)16-15-30-29(34)20-9-14-25(35-2)26(17-20)36-3/h5-14,17-18H,4,15-16,19H2,1-3H3,(H,30,34)(H,31,33). The van der Waals surface area contributed by atoms with Crippen LogP contribution in [0.2, 0.25) is 0 Å². The number of methoxy groups -OCH3 is 2. The molecule has 0 atom stereocenters. The molecule has 0 aliphatic rings. The molecule has 4 rings (SSSR count). The van der Waals surface area contributed by atoms with Crippen LogP contribution in [0.4, 0.5) is 5.69 Å². The Labute approximate surface area is 226 Å². The lowest BCUT2D eigenvalue weighted by molar-refractivity contribution is -0.113. The van der Waals surface area contributed by atoms with Gasteiger partial charge in [0.1, 0.15) is 5.75 Å². The molecular weight excluding hydrogens is 502 g/mol. The topological polar surface area (TPSA) is 90.8 Å². The zero-order valence-electron chi connectivity index (χ0n) is 21.7. The number of anilines is 1. The molecule has 2 N–H and O–H groups in total. The average Bonchev–Trinajstić information content (AvgIpc) is 3.30. The van der Waals surface area contributed by atoms with E-state index in [0.717, 1.165) is 27.2 Å². The number of amides is 2. The molecule has 2 amide bonds. The lowest BCUT2D eigenvalue weighted by atomic mass is 10.2. The molecule has 198 valence electrons. The molecule has 1 heterocycles. The van der Waals surface area contributed by atoms with E-state index in [1.54, 1.807) is 25.3 Å². The second-order valence-corrected chi connectivity index (χ2v) is 9.34. The Balaban J connectivity index is 1.35. The SMILES string of the molecule is CCOc1ccc(NC(=O)CSc2cn(CCNC(=O)c3ccc(OC)c(OC)c3)c3ccccc23)cc1. The fourth-order valence-electron chi connectivity index (χ4n) is 4.02. The first-order valence-electron chi connectivity index (χ1n) is 12.3. The van der Waals surface area contributed by atoms with Crippen LogP contribution in [-0.4, -0.2) is 49.5 Å². The summed E-state index contributed by atoms with van der Waals surface area (Å²) in [5.74, 6) is 1.84. The second kappa shape index (κ2) is 12.9. The van der Waals surface area contributed by atoms with Crippen molar-refractivity contribution in [3.05, 3.63) is 78.5 Å². The Morgan fingerprint density at radius 3 is 2.45 bits per heavy atom. The van der Waals surface area contributed by atoms with Gasteiger partial charge in [-0.2, -0.15) is 0 Å². The number of hydrogen-bond donors (Lipinski definition) is 2. The van der Waals surface area contributed by atoms with E-state index in [4.69, 9.17) is 14.2 Å². The first kappa shape index (κ1) is 26.9. The molecule has 0 fully saturated rings. The largest absolute Gasteiger partial charge is 0.494 e. The summed E-state index contributed by atoms with van der Waals surface area (Å²) in [7, 11) is 3.09. The van der Waals surface area contributed by atoms with Crippen LogP contribution in [0.5, 0.6) is 17.2 Å². The van der Waals surface area contributed by atoms with Gasteiger partial charge in [0.2, 0.25) is 5.91 Å². The van der Waals surface area contributed by atoms with Crippen molar-refractivity contribution in [2.45, 2.75) is 18.4 Å². The van der Waals surface area contributed by atoms with Crippen molar-refractivity contribution in [3.8, 4) is 17.2 Å². The number of thioether (sulfide) groups is 1. The number of fused-ring (bicyclic) bond motifs is 1. The molecular formula is C29H31N3O5S. The zero-order chi connectivity index (χ0) is 26.9. The molecule has 0 aliphatic carbocycles. The smallest absolute Gasteiger partial charge is 0.251 e. The summed E-state index contributed by atoms with van der Waals surface area (Å²) in [6, 6.07) is 20.4. The van der Waals surface area contributed by atoms with Gasteiger partial charge in [-0.1, -0.05) is 18.2 Å². The summed E-state index contributed by atoms with van der Waals surface area (Å²) in [5, 5.41) is 6.96. The van der Waals surface area contributed by atoms with Gasteiger partial charge in [-0.15, -0.1) is 11.8 Å². The van der Waals surface area contributed by atoms with E-state index in [1.807, 2.05) is 61.7 Å². The van der Waals surface area contributed by atoms with E-state index in [0.29, 0.717) is 36.8 Å². The van der Waals surface area contributed by atoms with Gasteiger partial charge in [0.15, 0.2) is 11.5 Å². The summed E-state index contributed by atoms with van der Waals surface area (Å²) in [6.45, 7) is 3.55.